The first-order valence-corrected chi connectivity index (χ1v) is 9.67. The van der Waals surface area contributed by atoms with Crippen LogP contribution in [0, 0.1) is 13.8 Å². The van der Waals surface area contributed by atoms with E-state index < -0.39 is 0 Å². The average molecular weight is 419 g/mol. The molecule has 0 aliphatic rings. The Bertz CT molecular complexity index is 1210. The number of aryl methyl sites for hydroxylation is 1. The van der Waals surface area contributed by atoms with E-state index in [1.54, 1.807) is 24.4 Å². The van der Waals surface area contributed by atoms with Crippen molar-refractivity contribution in [1.82, 2.24) is 25.4 Å². The number of hydrogen-bond acceptors (Lipinski definition) is 4. The molecule has 4 aromatic rings. The van der Waals surface area contributed by atoms with Gasteiger partial charge in [-0.15, -0.1) is 0 Å². The predicted molar refractivity (Wildman–Crippen MR) is 117 cm³/mol. The maximum Gasteiger partial charge on any atom is 0.289 e. The second kappa shape index (κ2) is 8.34. The second-order valence-electron chi connectivity index (χ2n) is 6.70. The van der Waals surface area contributed by atoms with E-state index in [-0.39, 0.29) is 5.91 Å². The van der Waals surface area contributed by atoms with E-state index in [1.807, 2.05) is 61.0 Å². The number of rotatable bonds is 5. The lowest BCUT2D eigenvalue weighted by Crippen LogP contribution is -2.18. The molecule has 0 bridgehead atoms. The quantitative estimate of drug-likeness (QED) is 0.374. The first kappa shape index (κ1) is 19.6. The highest BCUT2D eigenvalue weighted by Crippen LogP contribution is 2.20. The fourth-order valence-corrected chi connectivity index (χ4v) is 3.21. The van der Waals surface area contributed by atoms with Gasteiger partial charge in [0.15, 0.2) is 0 Å². The van der Waals surface area contributed by atoms with E-state index in [4.69, 9.17) is 11.6 Å². The van der Waals surface area contributed by atoms with Crippen LogP contribution in [0.1, 0.15) is 27.4 Å². The Morgan fingerprint density at radius 1 is 1.13 bits per heavy atom. The Labute approximate surface area is 178 Å². The monoisotopic (exact) mass is 418 g/mol. The van der Waals surface area contributed by atoms with E-state index in [0.29, 0.717) is 16.4 Å². The van der Waals surface area contributed by atoms with Crippen LogP contribution in [0.25, 0.3) is 16.9 Å². The zero-order valence-electron chi connectivity index (χ0n) is 16.4. The Morgan fingerprint density at radius 3 is 2.60 bits per heavy atom. The van der Waals surface area contributed by atoms with Crippen LogP contribution < -0.4 is 5.43 Å². The molecule has 0 saturated carbocycles. The zero-order valence-corrected chi connectivity index (χ0v) is 17.2. The number of hydrazone groups is 1. The molecule has 2 N–H and O–H groups in total. The SMILES string of the molecule is Cc1nn(-c2ccccc2)c(C)c1/C=N/NC(=O)c1cc(-c2ccc(Cl)cc2)n[nH]1. The summed E-state index contributed by atoms with van der Waals surface area (Å²) in [6.07, 6.45) is 1.60. The molecule has 0 spiro atoms. The lowest BCUT2D eigenvalue weighted by molar-refractivity contribution is 0.0950. The van der Waals surface area contributed by atoms with E-state index >= 15 is 0 Å². The van der Waals surface area contributed by atoms with Crippen molar-refractivity contribution in [1.29, 1.82) is 0 Å². The summed E-state index contributed by atoms with van der Waals surface area (Å²) in [4.78, 5) is 12.4. The molecule has 2 aromatic carbocycles. The van der Waals surface area contributed by atoms with Crippen LogP contribution in [-0.2, 0) is 0 Å². The van der Waals surface area contributed by atoms with Gasteiger partial charge in [-0.1, -0.05) is 41.9 Å². The molecule has 4 rings (SSSR count). The maximum atomic E-state index is 12.4. The van der Waals surface area contributed by atoms with E-state index in [0.717, 1.165) is 28.2 Å². The van der Waals surface area contributed by atoms with Crippen molar-refractivity contribution >= 4 is 23.7 Å². The van der Waals surface area contributed by atoms with Gasteiger partial charge in [0.05, 0.1) is 29.0 Å². The number of aromatic nitrogens is 4. The minimum atomic E-state index is -0.385. The molecule has 2 heterocycles. The zero-order chi connectivity index (χ0) is 21.1. The summed E-state index contributed by atoms with van der Waals surface area (Å²) >= 11 is 5.91. The fraction of sp³-hybridized carbons (Fsp3) is 0.0909. The summed E-state index contributed by atoms with van der Waals surface area (Å²) in [5.41, 5.74) is 7.92. The average Bonchev–Trinajstić information content (AvgIpc) is 3.35. The number of para-hydroxylation sites is 1. The van der Waals surface area contributed by atoms with Crippen LogP contribution in [0.4, 0.5) is 0 Å². The van der Waals surface area contributed by atoms with E-state index in [1.165, 1.54) is 0 Å². The number of aromatic amines is 1. The molecule has 0 unspecified atom stereocenters. The first-order valence-electron chi connectivity index (χ1n) is 9.29. The molecule has 150 valence electrons. The molecular weight excluding hydrogens is 400 g/mol. The third-order valence-electron chi connectivity index (χ3n) is 4.67. The maximum absolute atomic E-state index is 12.4. The van der Waals surface area contributed by atoms with Crippen molar-refractivity contribution in [3.8, 4) is 16.9 Å². The summed E-state index contributed by atoms with van der Waals surface area (Å²) in [5.74, 6) is -0.385. The molecule has 30 heavy (non-hydrogen) atoms. The summed E-state index contributed by atoms with van der Waals surface area (Å²) in [6, 6.07) is 18.7. The number of nitrogens with zero attached hydrogens (tertiary/aromatic N) is 4. The van der Waals surface area contributed by atoms with E-state index in [2.05, 4.69) is 25.8 Å². The number of H-pyrrole nitrogens is 1. The summed E-state index contributed by atoms with van der Waals surface area (Å²) in [5, 5.41) is 16.2. The van der Waals surface area contributed by atoms with Crippen molar-refractivity contribution in [2.75, 3.05) is 0 Å². The van der Waals surface area contributed by atoms with Gasteiger partial charge in [-0.3, -0.25) is 9.89 Å². The van der Waals surface area contributed by atoms with Gasteiger partial charge in [-0.2, -0.15) is 15.3 Å². The molecule has 0 aliphatic carbocycles. The number of amides is 1. The molecular formula is C22H19ClN6O. The predicted octanol–water partition coefficient (Wildman–Crippen LogP) is 4.30. The fourth-order valence-electron chi connectivity index (χ4n) is 3.08. The smallest absolute Gasteiger partial charge is 0.272 e. The van der Waals surface area contributed by atoms with Crippen molar-refractivity contribution < 1.29 is 4.79 Å². The van der Waals surface area contributed by atoms with Crippen LogP contribution in [0.15, 0.2) is 65.8 Å². The Kier molecular flexibility index (Phi) is 5.45. The summed E-state index contributed by atoms with van der Waals surface area (Å²) < 4.78 is 1.85. The van der Waals surface area contributed by atoms with Crippen molar-refractivity contribution in [3.63, 3.8) is 0 Å². The number of hydrogen-bond donors (Lipinski definition) is 2. The lowest BCUT2D eigenvalue weighted by atomic mass is 10.1. The third kappa shape index (κ3) is 4.01. The standard InChI is InChI=1S/C22H19ClN6O/c1-14-19(15(2)29(28-14)18-6-4-3-5-7-18)13-24-27-22(30)21-12-20(25-26-21)16-8-10-17(23)11-9-16/h3-13H,1-2H3,(H,25,26)(H,27,30)/b24-13+. The van der Waals surface area contributed by atoms with Gasteiger partial charge in [-0.05, 0) is 44.2 Å². The van der Waals surface area contributed by atoms with Crippen molar-refractivity contribution in [2.24, 2.45) is 5.10 Å². The van der Waals surface area contributed by atoms with Crippen LogP contribution in [0.3, 0.4) is 0 Å². The number of benzene rings is 2. The summed E-state index contributed by atoms with van der Waals surface area (Å²) in [7, 11) is 0. The van der Waals surface area contributed by atoms with Gasteiger partial charge in [0.1, 0.15) is 5.69 Å². The van der Waals surface area contributed by atoms with Gasteiger partial charge in [-0.25, -0.2) is 10.1 Å². The van der Waals surface area contributed by atoms with Crippen LogP contribution in [0.5, 0.6) is 0 Å². The van der Waals surface area contributed by atoms with E-state index in [9.17, 15) is 4.79 Å². The van der Waals surface area contributed by atoms with Gasteiger partial charge >= 0.3 is 0 Å². The Balaban J connectivity index is 1.47. The number of halogens is 1. The normalized spacial score (nSPS) is 11.2. The van der Waals surface area contributed by atoms with Crippen LogP contribution in [0.2, 0.25) is 5.02 Å². The molecule has 0 fully saturated rings. The molecule has 1 amide bonds. The number of carbonyl (C=O) groups is 1. The van der Waals surface area contributed by atoms with Gasteiger partial charge in [0, 0.05) is 16.1 Å². The van der Waals surface area contributed by atoms with Crippen molar-refractivity contribution in [3.05, 3.63) is 88.3 Å². The summed E-state index contributed by atoms with van der Waals surface area (Å²) in [6.45, 7) is 3.87. The van der Waals surface area contributed by atoms with Gasteiger partial charge < -0.3 is 0 Å². The lowest BCUT2D eigenvalue weighted by Gasteiger charge is -2.03. The highest BCUT2D eigenvalue weighted by atomic mass is 35.5. The number of carbonyl (C=O) groups excluding carboxylic acids is 1. The molecule has 8 heteroatoms. The second-order valence-corrected chi connectivity index (χ2v) is 7.14. The molecule has 0 atom stereocenters. The van der Waals surface area contributed by atoms with Crippen LogP contribution >= 0.6 is 11.6 Å². The van der Waals surface area contributed by atoms with Gasteiger partial charge in [0.25, 0.3) is 5.91 Å². The molecule has 2 aromatic heterocycles. The Hall–Kier alpha value is -3.71. The van der Waals surface area contributed by atoms with Gasteiger partial charge in [0.2, 0.25) is 0 Å². The topological polar surface area (TPSA) is 88.0 Å². The molecule has 0 aliphatic heterocycles. The Morgan fingerprint density at radius 2 is 1.87 bits per heavy atom. The minimum absolute atomic E-state index is 0.311. The minimum Gasteiger partial charge on any atom is -0.272 e. The highest BCUT2D eigenvalue weighted by Gasteiger charge is 2.13. The molecule has 0 radical (unpaired) electrons. The number of nitrogens with one attached hydrogen (secondary N) is 2. The molecule has 0 saturated heterocycles. The largest absolute Gasteiger partial charge is 0.289 e. The molecule has 7 nitrogen and oxygen atoms in total. The van der Waals surface area contributed by atoms with Crippen LogP contribution in [-0.4, -0.2) is 32.1 Å². The highest BCUT2D eigenvalue weighted by molar-refractivity contribution is 6.30. The third-order valence-corrected chi connectivity index (χ3v) is 4.92. The first-order chi connectivity index (χ1) is 14.5. The van der Waals surface area contributed by atoms with Crippen molar-refractivity contribution in [2.45, 2.75) is 13.8 Å².